The van der Waals surface area contributed by atoms with Crippen LogP contribution in [0, 0.1) is 11.8 Å². The highest BCUT2D eigenvalue weighted by Crippen LogP contribution is 2.28. The second kappa shape index (κ2) is 3.54. The number of aromatic nitrogens is 1. The number of halogens is 1. The molecule has 0 saturated carbocycles. The summed E-state index contributed by atoms with van der Waals surface area (Å²) in [5, 5.41) is 0.844. The molecule has 0 atom stereocenters. The van der Waals surface area contributed by atoms with Gasteiger partial charge < -0.3 is 13.8 Å². The molecule has 0 bridgehead atoms. The normalized spacial score (nSPS) is 11.4. The lowest BCUT2D eigenvalue weighted by Gasteiger charge is -2.02. The van der Waals surface area contributed by atoms with E-state index in [-0.39, 0.29) is 4.84 Å². The predicted molar refractivity (Wildman–Crippen MR) is 69.9 cm³/mol. The van der Waals surface area contributed by atoms with Crippen LogP contribution in [-0.4, -0.2) is 4.98 Å². The number of aryl methyl sites for hydroxylation is 1. The molecule has 1 N–H and O–H groups in total. The van der Waals surface area contributed by atoms with Gasteiger partial charge in [-0.05, 0) is 52.8 Å². The smallest absolute Gasteiger partial charge is 0.351 e. The van der Waals surface area contributed by atoms with Gasteiger partial charge in [0.25, 0.3) is 4.84 Å². The number of benzene rings is 1. The molecule has 0 aliphatic carbocycles. The maximum absolute atomic E-state index is 11.6. The van der Waals surface area contributed by atoms with Gasteiger partial charge in [-0.3, -0.25) is 0 Å². The second-order valence-electron chi connectivity index (χ2n) is 3.66. The van der Waals surface area contributed by atoms with Crippen molar-refractivity contribution in [1.29, 1.82) is 0 Å². The first-order valence-electron chi connectivity index (χ1n) is 4.82. The molecule has 3 rings (SSSR count). The fourth-order valence-electron chi connectivity index (χ4n) is 1.81. The Kier molecular flexibility index (Phi) is 2.24. The van der Waals surface area contributed by atoms with E-state index in [0.717, 1.165) is 10.9 Å². The minimum absolute atomic E-state index is 0.260. The number of rotatable bonds is 0. The van der Waals surface area contributed by atoms with Crippen LogP contribution in [0.3, 0.4) is 0 Å². The van der Waals surface area contributed by atoms with Gasteiger partial charge in [0, 0.05) is 5.39 Å². The number of hydrogen-bond donors (Lipinski definition) is 1. The molecule has 0 spiro atoms. The molecule has 1 aromatic carbocycles. The Hall–Kier alpha value is -1.40. The molecule has 0 fully saturated rings. The monoisotopic (exact) mass is 311 g/mol. The van der Waals surface area contributed by atoms with Gasteiger partial charge in [0.15, 0.2) is 11.2 Å². The van der Waals surface area contributed by atoms with Crippen molar-refractivity contribution in [3.63, 3.8) is 0 Å². The van der Waals surface area contributed by atoms with Crippen LogP contribution in [0.5, 0.6) is 0 Å². The van der Waals surface area contributed by atoms with E-state index >= 15 is 0 Å². The third-order valence-electron chi connectivity index (χ3n) is 2.66. The largest absolute Gasteiger partial charge is 0.429 e. The molecule has 3 aromatic rings. The van der Waals surface area contributed by atoms with Crippen LogP contribution in [0.15, 0.2) is 30.2 Å². The highest BCUT2D eigenvalue weighted by Gasteiger charge is 2.13. The number of fused-ring (bicyclic) bond motifs is 3. The zero-order valence-corrected chi connectivity index (χ0v) is 11.1. The van der Waals surface area contributed by atoms with E-state index in [1.54, 1.807) is 6.07 Å². The van der Waals surface area contributed by atoms with Crippen LogP contribution in [-0.2, 0) is 0 Å². The second-order valence-corrected chi connectivity index (χ2v) is 4.82. The average Bonchev–Trinajstić information content (AvgIpc) is 2.67. The summed E-state index contributed by atoms with van der Waals surface area (Å²) in [6, 6.07) is 3.64. The minimum atomic E-state index is -0.414. The molecular weight excluding hydrogens is 306 g/mol. The van der Waals surface area contributed by atoms with Crippen molar-refractivity contribution in [3.8, 4) is 0 Å². The highest BCUT2D eigenvalue weighted by molar-refractivity contribution is 9.10. The van der Waals surface area contributed by atoms with E-state index in [0.29, 0.717) is 21.2 Å². The van der Waals surface area contributed by atoms with Crippen LogP contribution in [0.25, 0.3) is 22.1 Å². The van der Waals surface area contributed by atoms with Crippen molar-refractivity contribution in [3.05, 3.63) is 37.4 Å². The van der Waals surface area contributed by atoms with E-state index < -0.39 is 5.63 Å². The number of aromatic amines is 1. The zero-order valence-electron chi connectivity index (χ0n) is 8.67. The Morgan fingerprint density at radius 2 is 2.12 bits per heavy atom. The van der Waals surface area contributed by atoms with Gasteiger partial charge in [-0.15, -0.1) is 0 Å². The Labute approximate surface area is 108 Å². The SMILES string of the molecule is Cc1c(Br)c(=O)oc2c1ccc1oc(=S)[nH]c12. The number of H-pyrrole nitrogens is 1. The van der Waals surface area contributed by atoms with Crippen molar-refractivity contribution >= 4 is 50.2 Å². The minimum Gasteiger partial charge on any atom is -0.429 e. The summed E-state index contributed by atoms with van der Waals surface area (Å²) in [4.78, 5) is 14.8. The van der Waals surface area contributed by atoms with Crippen LogP contribution in [0.2, 0.25) is 0 Å². The van der Waals surface area contributed by atoms with Gasteiger partial charge in [0.05, 0.1) is 0 Å². The Balaban J connectivity index is 2.68. The molecule has 0 saturated heterocycles. The summed E-state index contributed by atoms with van der Waals surface area (Å²) in [6.45, 7) is 1.85. The zero-order chi connectivity index (χ0) is 12.2. The fourth-order valence-corrected chi connectivity index (χ4v) is 2.29. The molecule has 2 heterocycles. The first-order chi connectivity index (χ1) is 8.08. The van der Waals surface area contributed by atoms with Crippen molar-refractivity contribution in [2.24, 2.45) is 0 Å². The van der Waals surface area contributed by atoms with Gasteiger partial charge >= 0.3 is 5.63 Å². The number of hydrogen-bond acceptors (Lipinski definition) is 4. The van der Waals surface area contributed by atoms with Crippen molar-refractivity contribution in [2.45, 2.75) is 6.92 Å². The topological polar surface area (TPSA) is 59.1 Å². The third-order valence-corrected chi connectivity index (χ3v) is 3.76. The third kappa shape index (κ3) is 1.48. The lowest BCUT2D eigenvalue weighted by Crippen LogP contribution is -2.02. The molecule has 0 radical (unpaired) electrons. The van der Waals surface area contributed by atoms with Gasteiger partial charge in [0.2, 0.25) is 0 Å². The van der Waals surface area contributed by atoms with Gasteiger partial charge in [-0.1, -0.05) is 0 Å². The predicted octanol–water partition coefficient (Wildman–Crippen LogP) is 3.67. The lowest BCUT2D eigenvalue weighted by atomic mass is 10.1. The van der Waals surface area contributed by atoms with E-state index in [1.807, 2.05) is 13.0 Å². The first-order valence-corrected chi connectivity index (χ1v) is 6.03. The first kappa shape index (κ1) is 10.7. The summed E-state index contributed by atoms with van der Waals surface area (Å²) < 4.78 is 11.0. The molecule has 0 unspecified atom stereocenters. The highest BCUT2D eigenvalue weighted by atomic mass is 79.9. The van der Waals surface area contributed by atoms with Gasteiger partial charge in [0.1, 0.15) is 9.99 Å². The standard InChI is InChI=1S/C11H6BrNO3S/c1-4-5-2-3-6-8(13-11(17)15-6)9(5)16-10(14)7(4)12/h2-3H,1H3,(H,13,17). The van der Waals surface area contributed by atoms with Gasteiger partial charge in [-0.25, -0.2) is 4.79 Å². The van der Waals surface area contributed by atoms with Crippen LogP contribution >= 0.6 is 28.1 Å². The number of nitrogens with one attached hydrogen (secondary N) is 1. The van der Waals surface area contributed by atoms with E-state index in [9.17, 15) is 4.79 Å². The Bertz CT molecular complexity index is 859. The van der Waals surface area contributed by atoms with Crippen LogP contribution in [0.1, 0.15) is 5.56 Å². The molecule has 0 aliphatic heterocycles. The molecular formula is C11H6BrNO3S. The molecule has 0 amide bonds. The number of oxazole rings is 1. The summed E-state index contributed by atoms with van der Waals surface area (Å²) >= 11 is 8.13. The lowest BCUT2D eigenvalue weighted by molar-refractivity contribution is 0.557. The summed E-state index contributed by atoms with van der Waals surface area (Å²) in [7, 11) is 0. The molecule has 0 aliphatic rings. The maximum atomic E-state index is 11.6. The molecule has 17 heavy (non-hydrogen) atoms. The average molecular weight is 312 g/mol. The van der Waals surface area contributed by atoms with Gasteiger partial charge in [-0.2, -0.15) is 0 Å². The summed E-state index contributed by atoms with van der Waals surface area (Å²) in [5.41, 5.74) is 2.07. The van der Waals surface area contributed by atoms with Crippen molar-refractivity contribution in [1.82, 2.24) is 4.98 Å². The van der Waals surface area contributed by atoms with Crippen molar-refractivity contribution in [2.75, 3.05) is 0 Å². The summed E-state index contributed by atoms with van der Waals surface area (Å²) in [5.74, 6) is 0. The maximum Gasteiger partial charge on any atom is 0.351 e. The Morgan fingerprint density at radius 3 is 2.88 bits per heavy atom. The van der Waals surface area contributed by atoms with E-state index in [4.69, 9.17) is 21.1 Å². The fraction of sp³-hybridized carbons (Fsp3) is 0.0909. The molecule has 4 nitrogen and oxygen atoms in total. The van der Waals surface area contributed by atoms with Crippen molar-refractivity contribution < 1.29 is 8.83 Å². The van der Waals surface area contributed by atoms with Crippen LogP contribution < -0.4 is 5.63 Å². The van der Waals surface area contributed by atoms with Crippen LogP contribution in [0.4, 0.5) is 0 Å². The molecule has 2 aromatic heterocycles. The van der Waals surface area contributed by atoms with E-state index in [1.165, 1.54) is 0 Å². The molecule has 6 heteroatoms. The molecule has 86 valence electrons. The quantitative estimate of drug-likeness (QED) is 0.508. The van der Waals surface area contributed by atoms with E-state index in [2.05, 4.69) is 20.9 Å². The summed E-state index contributed by atoms with van der Waals surface area (Å²) in [6.07, 6.45) is 0. The Morgan fingerprint density at radius 1 is 1.35 bits per heavy atom.